The molecule has 14 heavy (non-hydrogen) atoms. The first-order valence-electron chi connectivity index (χ1n) is 6.48. The van der Waals surface area contributed by atoms with Crippen molar-refractivity contribution in [1.82, 2.24) is 5.32 Å². The van der Waals surface area contributed by atoms with Crippen molar-refractivity contribution >= 4 is 0 Å². The minimum atomic E-state index is 0.957. The second-order valence-corrected chi connectivity index (χ2v) is 4.84. The van der Waals surface area contributed by atoms with E-state index in [0.717, 1.165) is 17.8 Å². The van der Waals surface area contributed by atoms with E-state index in [0.29, 0.717) is 0 Å². The summed E-state index contributed by atoms with van der Waals surface area (Å²) in [6, 6.07) is 0. The van der Waals surface area contributed by atoms with Crippen LogP contribution < -0.4 is 5.32 Å². The van der Waals surface area contributed by atoms with Gasteiger partial charge in [-0.1, -0.05) is 39.5 Å². The van der Waals surface area contributed by atoms with Crippen molar-refractivity contribution < 1.29 is 0 Å². The molecule has 1 heteroatoms. The van der Waals surface area contributed by atoms with Crippen molar-refractivity contribution in [3.05, 3.63) is 0 Å². The summed E-state index contributed by atoms with van der Waals surface area (Å²) in [6.45, 7) is 5.96. The van der Waals surface area contributed by atoms with E-state index in [4.69, 9.17) is 0 Å². The highest BCUT2D eigenvalue weighted by Crippen LogP contribution is 2.37. The Kier molecular flexibility index (Phi) is 5.54. The molecule has 0 amide bonds. The Labute approximate surface area is 89.7 Å². The molecule has 0 aliphatic heterocycles. The van der Waals surface area contributed by atoms with Crippen LogP contribution in [0.4, 0.5) is 0 Å². The Hall–Kier alpha value is -0.0400. The van der Waals surface area contributed by atoms with Crippen molar-refractivity contribution in [3.8, 4) is 0 Å². The first-order chi connectivity index (χ1) is 6.83. The second-order valence-electron chi connectivity index (χ2n) is 4.84. The van der Waals surface area contributed by atoms with E-state index in [1.165, 1.54) is 45.1 Å². The lowest BCUT2D eigenvalue weighted by atomic mass is 9.71. The Morgan fingerprint density at radius 1 is 1.14 bits per heavy atom. The van der Waals surface area contributed by atoms with Crippen LogP contribution in [0.25, 0.3) is 0 Å². The van der Waals surface area contributed by atoms with Crippen LogP contribution in [0.5, 0.6) is 0 Å². The molecule has 1 N–H and O–H groups in total. The van der Waals surface area contributed by atoms with Gasteiger partial charge in [-0.2, -0.15) is 0 Å². The molecule has 84 valence electrons. The van der Waals surface area contributed by atoms with Gasteiger partial charge in [-0.15, -0.1) is 0 Å². The molecule has 0 aromatic heterocycles. The summed E-state index contributed by atoms with van der Waals surface area (Å²) in [6.07, 6.45) is 8.63. The first kappa shape index (κ1) is 12.0. The molecular weight excluding hydrogens is 170 g/mol. The van der Waals surface area contributed by atoms with Crippen LogP contribution in [0.3, 0.4) is 0 Å². The van der Waals surface area contributed by atoms with Crippen LogP contribution in [0, 0.1) is 17.8 Å². The molecule has 1 saturated carbocycles. The predicted molar refractivity (Wildman–Crippen MR) is 63.4 cm³/mol. The molecule has 1 fully saturated rings. The van der Waals surface area contributed by atoms with E-state index in [1.54, 1.807) is 0 Å². The van der Waals surface area contributed by atoms with Gasteiger partial charge in [-0.3, -0.25) is 0 Å². The van der Waals surface area contributed by atoms with Gasteiger partial charge in [0.1, 0.15) is 0 Å². The topological polar surface area (TPSA) is 12.0 Å². The van der Waals surface area contributed by atoms with Gasteiger partial charge < -0.3 is 5.32 Å². The average Bonchev–Trinajstić information content (AvgIpc) is 2.23. The van der Waals surface area contributed by atoms with Gasteiger partial charge in [-0.25, -0.2) is 0 Å². The number of hydrogen-bond donors (Lipinski definition) is 1. The smallest absolute Gasteiger partial charge is 0.00208 e. The van der Waals surface area contributed by atoms with Gasteiger partial charge in [0.2, 0.25) is 0 Å². The average molecular weight is 197 g/mol. The summed E-state index contributed by atoms with van der Waals surface area (Å²) < 4.78 is 0. The maximum Gasteiger partial charge on any atom is -0.00208 e. The predicted octanol–water partition coefficient (Wildman–Crippen LogP) is 3.45. The third-order valence-electron chi connectivity index (χ3n) is 4.09. The first-order valence-corrected chi connectivity index (χ1v) is 6.48. The lowest BCUT2D eigenvalue weighted by Crippen LogP contribution is -2.33. The molecule has 1 aliphatic rings. The summed E-state index contributed by atoms with van der Waals surface area (Å²) in [5, 5.41) is 3.37. The quantitative estimate of drug-likeness (QED) is 0.712. The summed E-state index contributed by atoms with van der Waals surface area (Å²) in [5.41, 5.74) is 0. The van der Waals surface area contributed by atoms with E-state index in [9.17, 15) is 0 Å². The van der Waals surface area contributed by atoms with Crippen LogP contribution in [0.1, 0.15) is 52.4 Å². The highest BCUT2D eigenvalue weighted by atomic mass is 14.8. The van der Waals surface area contributed by atoms with E-state index < -0.39 is 0 Å². The zero-order valence-corrected chi connectivity index (χ0v) is 10.2. The fourth-order valence-corrected chi connectivity index (χ4v) is 3.27. The standard InChI is InChI=1S/C13H27N/c1-4-11(5-2)13-9-7-6-8-12(13)10-14-3/h11-14H,4-10H2,1-3H3. The van der Waals surface area contributed by atoms with Crippen molar-refractivity contribution in [2.75, 3.05) is 13.6 Å². The number of hydrogen-bond acceptors (Lipinski definition) is 1. The maximum absolute atomic E-state index is 3.37. The highest BCUT2D eigenvalue weighted by molar-refractivity contribution is 4.81. The fourth-order valence-electron chi connectivity index (χ4n) is 3.27. The molecule has 2 unspecified atom stereocenters. The summed E-state index contributed by atoms with van der Waals surface area (Å²) >= 11 is 0. The largest absolute Gasteiger partial charge is 0.319 e. The van der Waals surface area contributed by atoms with Gasteiger partial charge in [0.05, 0.1) is 0 Å². The van der Waals surface area contributed by atoms with Gasteiger partial charge in [0, 0.05) is 0 Å². The van der Waals surface area contributed by atoms with Crippen LogP contribution in [-0.2, 0) is 0 Å². The van der Waals surface area contributed by atoms with Gasteiger partial charge in [0.25, 0.3) is 0 Å². The van der Waals surface area contributed by atoms with Gasteiger partial charge in [-0.05, 0) is 44.2 Å². The Balaban J connectivity index is 2.51. The van der Waals surface area contributed by atoms with Crippen LogP contribution >= 0.6 is 0 Å². The van der Waals surface area contributed by atoms with Crippen LogP contribution in [0.2, 0.25) is 0 Å². The molecule has 0 saturated heterocycles. The Bertz CT molecular complexity index is 138. The van der Waals surface area contributed by atoms with E-state index in [-0.39, 0.29) is 0 Å². The summed E-state index contributed by atoms with van der Waals surface area (Å²) in [5.74, 6) is 2.94. The van der Waals surface area contributed by atoms with E-state index >= 15 is 0 Å². The van der Waals surface area contributed by atoms with Gasteiger partial charge >= 0.3 is 0 Å². The van der Waals surface area contributed by atoms with Gasteiger partial charge in [0.15, 0.2) is 0 Å². The zero-order valence-electron chi connectivity index (χ0n) is 10.2. The fraction of sp³-hybridized carbons (Fsp3) is 1.00. The monoisotopic (exact) mass is 197 g/mol. The minimum Gasteiger partial charge on any atom is -0.319 e. The minimum absolute atomic E-state index is 0.957. The van der Waals surface area contributed by atoms with Crippen molar-refractivity contribution in [2.45, 2.75) is 52.4 Å². The second kappa shape index (κ2) is 6.44. The van der Waals surface area contributed by atoms with Crippen molar-refractivity contribution in [3.63, 3.8) is 0 Å². The third-order valence-corrected chi connectivity index (χ3v) is 4.09. The molecule has 0 radical (unpaired) electrons. The lowest BCUT2D eigenvalue weighted by Gasteiger charge is -2.36. The molecule has 1 nitrogen and oxygen atoms in total. The van der Waals surface area contributed by atoms with Crippen molar-refractivity contribution in [1.29, 1.82) is 0 Å². The Morgan fingerprint density at radius 3 is 2.36 bits per heavy atom. The molecule has 2 atom stereocenters. The molecule has 1 aliphatic carbocycles. The Morgan fingerprint density at radius 2 is 1.79 bits per heavy atom. The summed E-state index contributed by atoms with van der Waals surface area (Å²) in [4.78, 5) is 0. The highest BCUT2D eigenvalue weighted by Gasteiger charge is 2.29. The van der Waals surface area contributed by atoms with E-state index in [2.05, 4.69) is 26.2 Å². The normalized spacial score (nSPS) is 28.3. The third kappa shape index (κ3) is 2.98. The SMILES string of the molecule is CCC(CC)C1CCCCC1CNC. The summed E-state index contributed by atoms with van der Waals surface area (Å²) in [7, 11) is 2.10. The zero-order chi connectivity index (χ0) is 10.4. The molecule has 1 rings (SSSR count). The van der Waals surface area contributed by atoms with Crippen LogP contribution in [-0.4, -0.2) is 13.6 Å². The lowest BCUT2D eigenvalue weighted by molar-refractivity contribution is 0.152. The van der Waals surface area contributed by atoms with E-state index in [1.807, 2.05) is 0 Å². The molecule has 0 aromatic carbocycles. The number of rotatable bonds is 5. The van der Waals surface area contributed by atoms with Crippen LogP contribution in [0.15, 0.2) is 0 Å². The maximum atomic E-state index is 3.37. The van der Waals surface area contributed by atoms with Crippen molar-refractivity contribution in [2.24, 2.45) is 17.8 Å². The number of nitrogens with one attached hydrogen (secondary N) is 1. The molecular formula is C13H27N. The molecule has 0 heterocycles. The molecule has 0 spiro atoms. The molecule has 0 bridgehead atoms. The molecule has 0 aromatic rings.